The number of piperidine rings is 1. The van der Waals surface area contributed by atoms with Crippen LogP contribution in [0.15, 0.2) is 15.7 Å². The van der Waals surface area contributed by atoms with E-state index < -0.39 is 16.0 Å². The van der Waals surface area contributed by atoms with E-state index in [0.717, 1.165) is 11.3 Å². The van der Waals surface area contributed by atoms with E-state index in [1.807, 2.05) is 0 Å². The quantitative estimate of drug-likeness (QED) is 0.905. The van der Waals surface area contributed by atoms with E-state index in [-0.39, 0.29) is 15.9 Å². The fraction of sp³-hybridized carbons (Fsp3) is 0.545. The molecule has 1 aliphatic rings. The van der Waals surface area contributed by atoms with Gasteiger partial charge in [0.2, 0.25) is 0 Å². The van der Waals surface area contributed by atoms with Crippen LogP contribution in [0, 0.1) is 0 Å². The first-order valence-electron chi connectivity index (χ1n) is 5.80. The summed E-state index contributed by atoms with van der Waals surface area (Å²) in [7, 11) is -1.96. The first-order chi connectivity index (χ1) is 8.95. The van der Waals surface area contributed by atoms with Crippen LogP contribution in [0.4, 0.5) is 0 Å². The molecule has 1 N–H and O–H groups in total. The Bertz CT molecular complexity index is 557. The summed E-state index contributed by atoms with van der Waals surface area (Å²) in [6.07, 6.45) is 1.42. The van der Waals surface area contributed by atoms with Crippen molar-refractivity contribution in [3.05, 3.63) is 17.0 Å². The van der Waals surface area contributed by atoms with Gasteiger partial charge in [-0.1, -0.05) is 0 Å². The molecule has 106 valence electrons. The minimum Gasteiger partial charge on any atom is -0.478 e. The monoisotopic (exact) mass is 305 g/mol. The molecule has 2 heterocycles. The van der Waals surface area contributed by atoms with E-state index in [0.29, 0.717) is 25.9 Å². The Morgan fingerprint density at radius 3 is 2.58 bits per heavy atom. The van der Waals surface area contributed by atoms with E-state index >= 15 is 0 Å². The van der Waals surface area contributed by atoms with Crippen LogP contribution in [0.5, 0.6) is 0 Å². The molecular formula is C11H15NO5S2. The number of aromatic carboxylic acids is 1. The van der Waals surface area contributed by atoms with Crippen molar-refractivity contribution in [3.8, 4) is 0 Å². The molecule has 2 rings (SSSR count). The lowest BCUT2D eigenvalue weighted by Gasteiger charge is -2.29. The largest absolute Gasteiger partial charge is 0.478 e. The molecular weight excluding hydrogens is 290 g/mol. The van der Waals surface area contributed by atoms with Crippen molar-refractivity contribution >= 4 is 27.3 Å². The predicted molar refractivity (Wildman–Crippen MR) is 70.1 cm³/mol. The van der Waals surface area contributed by atoms with Crippen LogP contribution < -0.4 is 0 Å². The summed E-state index contributed by atoms with van der Waals surface area (Å²) in [4.78, 5) is 10.8. The third kappa shape index (κ3) is 2.97. The summed E-state index contributed by atoms with van der Waals surface area (Å²) in [5, 5.41) is 10.2. The summed E-state index contributed by atoms with van der Waals surface area (Å²) >= 11 is 0.943. The Balaban J connectivity index is 2.16. The van der Waals surface area contributed by atoms with Gasteiger partial charge in [0.25, 0.3) is 10.0 Å². The maximum absolute atomic E-state index is 12.3. The average Bonchev–Trinajstić information content (AvgIpc) is 2.89. The molecule has 8 heteroatoms. The van der Waals surface area contributed by atoms with Crippen molar-refractivity contribution in [2.24, 2.45) is 0 Å². The van der Waals surface area contributed by atoms with Gasteiger partial charge in [0.1, 0.15) is 4.21 Å². The number of carboxylic acids is 1. The Kier molecular flexibility index (Phi) is 4.24. The average molecular weight is 305 g/mol. The number of thiophene rings is 1. The van der Waals surface area contributed by atoms with Gasteiger partial charge in [-0.25, -0.2) is 13.2 Å². The van der Waals surface area contributed by atoms with Gasteiger partial charge in [0.05, 0.1) is 11.7 Å². The zero-order chi connectivity index (χ0) is 14.0. The van der Waals surface area contributed by atoms with E-state index in [1.165, 1.54) is 15.8 Å². The number of hydrogen-bond acceptors (Lipinski definition) is 5. The fourth-order valence-corrected chi connectivity index (χ4v) is 4.78. The molecule has 0 bridgehead atoms. The molecule has 1 aromatic rings. The molecule has 0 unspecified atom stereocenters. The zero-order valence-electron chi connectivity index (χ0n) is 10.4. The molecule has 19 heavy (non-hydrogen) atoms. The number of carboxylic acid groups (broad SMARTS) is 1. The van der Waals surface area contributed by atoms with E-state index in [9.17, 15) is 13.2 Å². The van der Waals surface area contributed by atoms with Gasteiger partial charge in [0.15, 0.2) is 0 Å². The van der Waals surface area contributed by atoms with Crippen LogP contribution in [-0.2, 0) is 14.8 Å². The number of carbonyl (C=O) groups is 1. The third-order valence-corrected chi connectivity index (χ3v) is 6.46. The number of sulfonamides is 1. The van der Waals surface area contributed by atoms with Crippen LogP contribution in [0.25, 0.3) is 0 Å². The summed E-state index contributed by atoms with van der Waals surface area (Å²) in [5.41, 5.74) is 0.00959. The highest BCUT2D eigenvalue weighted by Gasteiger charge is 2.30. The maximum atomic E-state index is 12.3. The number of ether oxygens (including phenoxy) is 1. The lowest BCUT2D eigenvalue weighted by Crippen LogP contribution is -2.40. The molecule has 1 aliphatic heterocycles. The molecule has 0 atom stereocenters. The molecule has 0 radical (unpaired) electrons. The normalized spacial score (nSPS) is 18.6. The Morgan fingerprint density at radius 1 is 1.47 bits per heavy atom. The standard InChI is InChI=1S/C11H15NO5S2/c1-17-9-2-4-12(5-3-9)19(15,16)10-6-8(7-18-10)11(13)14/h6-7,9H,2-5H2,1H3,(H,13,14). The number of rotatable bonds is 4. The highest BCUT2D eigenvalue weighted by Crippen LogP contribution is 2.26. The molecule has 0 aromatic carbocycles. The second-order valence-electron chi connectivity index (χ2n) is 4.30. The summed E-state index contributed by atoms with van der Waals surface area (Å²) in [5.74, 6) is -1.12. The van der Waals surface area contributed by atoms with Gasteiger partial charge in [-0.2, -0.15) is 4.31 Å². The minimum atomic E-state index is -3.57. The van der Waals surface area contributed by atoms with Gasteiger partial charge in [0, 0.05) is 25.6 Å². The van der Waals surface area contributed by atoms with Crippen molar-refractivity contribution in [1.82, 2.24) is 4.31 Å². The lowest BCUT2D eigenvalue weighted by atomic mass is 10.1. The number of hydrogen-bond donors (Lipinski definition) is 1. The molecule has 1 saturated heterocycles. The van der Waals surface area contributed by atoms with Crippen molar-refractivity contribution < 1.29 is 23.1 Å². The summed E-state index contributed by atoms with van der Waals surface area (Å²) < 4.78 is 31.3. The van der Waals surface area contributed by atoms with Gasteiger partial charge >= 0.3 is 5.97 Å². The molecule has 6 nitrogen and oxygen atoms in total. The highest BCUT2D eigenvalue weighted by molar-refractivity contribution is 7.91. The van der Waals surface area contributed by atoms with Gasteiger partial charge < -0.3 is 9.84 Å². The minimum absolute atomic E-state index is 0.00959. The van der Waals surface area contributed by atoms with Crippen LogP contribution in [0.2, 0.25) is 0 Å². The van der Waals surface area contributed by atoms with E-state index in [4.69, 9.17) is 9.84 Å². The first kappa shape index (κ1) is 14.4. The SMILES string of the molecule is COC1CCN(S(=O)(=O)c2cc(C(=O)O)cs2)CC1. The Hall–Kier alpha value is -0.960. The number of nitrogens with zero attached hydrogens (tertiary/aromatic N) is 1. The smallest absolute Gasteiger partial charge is 0.336 e. The molecule has 0 spiro atoms. The third-order valence-electron chi connectivity index (χ3n) is 3.15. The zero-order valence-corrected chi connectivity index (χ0v) is 12.0. The molecule has 1 aromatic heterocycles. The summed E-state index contributed by atoms with van der Waals surface area (Å²) in [6.45, 7) is 0.808. The molecule has 0 saturated carbocycles. The fourth-order valence-electron chi connectivity index (χ4n) is 2.00. The lowest BCUT2D eigenvalue weighted by molar-refractivity contribution is 0.0605. The summed E-state index contributed by atoms with van der Waals surface area (Å²) in [6, 6.07) is 1.21. The topological polar surface area (TPSA) is 83.9 Å². The van der Waals surface area contributed by atoms with Gasteiger partial charge in [-0.15, -0.1) is 11.3 Å². The van der Waals surface area contributed by atoms with Crippen molar-refractivity contribution in [2.45, 2.75) is 23.2 Å². The van der Waals surface area contributed by atoms with E-state index in [2.05, 4.69) is 0 Å². The van der Waals surface area contributed by atoms with Crippen molar-refractivity contribution in [1.29, 1.82) is 0 Å². The van der Waals surface area contributed by atoms with Gasteiger partial charge in [-0.05, 0) is 18.9 Å². The van der Waals surface area contributed by atoms with Crippen LogP contribution >= 0.6 is 11.3 Å². The Labute approximate surface area is 115 Å². The molecule has 1 fully saturated rings. The predicted octanol–water partition coefficient (Wildman–Crippen LogP) is 1.25. The Morgan fingerprint density at radius 2 is 2.11 bits per heavy atom. The number of methoxy groups -OCH3 is 1. The van der Waals surface area contributed by atoms with E-state index in [1.54, 1.807) is 7.11 Å². The molecule has 0 amide bonds. The maximum Gasteiger partial charge on any atom is 0.336 e. The second kappa shape index (κ2) is 5.58. The second-order valence-corrected chi connectivity index (χ2v) is 7.37. The van der Waals surface area contributed by atoms with Crippen LogP contribution in [0.3, 0.4) is 0 Å². The van der Waals surface area contributed by atoms with Crippen LogP contribution in [-0.4, -0.2) is 50.1 Å². The van der Waals surface area contributed by atoms with Gasteiger partial charge in [-0.3, -0.25) is 0 Å². The molecule has 0 aliphatic carbocycles. The highest BCUT2D eigenvalue weighted by atomic mass is 32.2. The van der Waals surface area contributed by atoms with Crippen molar-refractivity contribution in [3.63, 3.8) is 0 Å². The van der Waals surface area contributed by atoms with Crippen molar-refractivity contribution in [2.75, 3.05) is 20.2 Å². The van der Waals surface area contributed by atoms with Crippen LogP contribution in [0.1, 0.15) is 23.2 Å². The first-order valence-corrected chi connectivity index (χ1v) is 8.12.